The minimum absolute atomic E-state index is 0.147. The van der Waals surface area contributed by atoms with Crippen LogP contribution in [-0.4, -0.2) is 33.6 Å². The van der Waals surface area contributed by atoms with E-state index in [2.05, 4.69) is 20.6 Å². The molecule has 0 saturated carbocycles. The van der Waals surface area contributed by atoms with Crippen molar-refractivity contribution in [2.75, 3.05) is 11.9 Å². The third-order valence-corrected chi connectivity index (χ3v) is 3.43. The van der Waals surface area contributed by atoms with Crippen molar-refractivity contribution < 1.29 is 9.90 Å². The van der Waals surface area contributed by atoms with Gasteiger partial charge in [-0.2, -0.15) is 0 Å². The van der Waals surface area contributed by atoms with Gasteiger partial charge in [-0.1, -0.05) is 6.92 Å². The summed E-state index contributed by atoms with van der Waals surface area (Å²) < 4.78 is 0. The van der Waals surface area contributed by atoms with Gasteiger partial charge in [-0.3, -0.25) is 4.79 Å². The number of nitrogens with zero attached hydrogens (tertiary/aromatic N) is 2. The molecule has 1 amide bonds. The van der Waals surface area contributed by atoms with E-state index in [1.807, 2.05) is 32.0 Å². The highest BCUT2D eigenvalue weighted by atomic mass is 16.3. The molecule has 0 spiro atoms. The van der Waals surface area contributed by atoms with E-state index in [0.29, 0.717) is 30.9 Å². The first kappa shape index (κ1) is 16.9. The maximum atomic E-state index is 12.0. The zero-order valence-electron chi connectivity index (χ0n) is 13.4. The molecule has 6 nitrogen and oxygen atoms in total. The first-order valence-corrected chi connectivity index (χ1v) is 7.71. The Morgan fingerprint density at radius 3 is 2.65 bits per heavy atom. The molecule has 3 N–H and O–H groups in total. The van der Waals surface area contributed by atoms with Crippen molar-refractivity contribution in [3.63, 3.8) is 0 Å². The summed E-state index contributed by atoms with van der Waals surface area (Å²) in [7, 11) is 0. The molecule has 0 saturated heterocycles. The topological polar surface area (TPSA) is 87.1 Å². The molecule has 0 aliphatic carbocycles. The van der Waals surface area contributed by atoms with Gasteiger partial charge in [-0.25, -0.2) is 9.97 Å². The largest absolute Gasteiger partial charge is 0.393 e. The minimum Gasteiger partial charge on any atom is -0.393 e. The summed E-state index contributed by atoms with van der Waals surface area (Å²) in [5, 5.41) is 15.4. The molecule has 6 heteroatoms. The van der Waals surface area contributed by atoms with Crippen LogP contribution in [0.15, 0.2) is 36.5 Å². The van der Waals surface area contributed by atoms with Crippen molar-refractivity contribution in [1.82, 2.24) is 15.3 Å². The maximum Gasteiger partial charge on any atom is 0.251 e. The summed E-state index contributed by atoms with van der Waals surface area (Å²) in [4.78, 5) is 20.4. The van der Waals surface area contributed by atoms with Gasteiger partial charge in [-0.05, 0) is 50.1 Å². The highest BCUT2D eigenvalue weighted by Crippen LogP contribution is 2.14. The fourth-order valence-electron chi connectivity index (χ4n) is 2.00. The Morgan fingerprint density at radius 1 is 1.26 bits per heavy atom. The summed E-state index contributed by atoms with van der Waals surface area (Å²) in [6.07, 6.45) is 2.58. The molecule has 2 rings (SSSR count). The Hall–Kier alpha value is -2.47. The van der Waals surface area contributed by atoms with E-state index >= 15 is 0 Å². The highest BCUT2D eigenvalue weighted by Gasteiger charge is 2.07. The Labute approximate surface area is 136 Å². The normalized spacial score (nSPS) is 11.8. The number of anilines is 2. The van der Waals surface area contributed by atoms with E-state index in [0.717, 1.165) is 11.4 Å². The number of aliphatic hydroxyl groups excluding tert-OH is 1. The van der Waals surface area contributed by atoms with Crippen LogP contribution in [0.1, 0.15) is 35.8 Å². The molecular weight excluding hydrogens is 292 g/mol. The van der Waals surface area contributed by atoms with Crippen molar-refractivity contribution in [3.8, 4) is 0 Å². The maximum absolute atomic E-state index is 12.0. The predicted octanol–water partition coefficient (Wildman–Crippen LogP) is 2.42. The van der Waals surface area contributed by atoms with Gasteiger partial charge in [0.1, 0.15) is 0 Å². The van der Waals surface area contributed by atoms with E-state index in [1.165, 1.54) is 0 Å². The summed E-state index contributed by atoms with van der Waals surface area (Å²) >= 11 is 0. The van der Waals surface area contributed by atoms with Crippen LogP contribution in [0.25, 0.3) is 0 Å². The minimum atomic E-state index is -0.365. The zero-order chi connectivity index (χ0) is 16.7. The average Bonchev–Trinajstić information content (AvgIpc) is 2.55. The Bertz CT molecular complexity index is 643. The number of amides is 1. The predicted molar refractivity (Wildman–Crippen MR) is 89.7 cm³/mol. The van der Waals surface area contributed by atoms with Crippen molar-refractivity contribution in [1.29, 1.82) is 0 Å². The number of nitrogens with one attached hydrogen (secondary N) is 2. The second-order valence-electron chi connectivity index (χ2n) is 5.33. The second kappa shape index (κ2) is 8.24. The van der Waals surface area contributed by atoms with Crippen LogP contribution in [0.4, 0.5) is 11.6 Å². The van der Waals surface area contributed by atoms with Crippen LogP contribution in [0.5, 0.6) is 0 Å². The van der Waals surface area contributed by atoms with Gasteiger partial charge in [-0.15, -0.1) is 0 Å². The smallest absolute Gasteiger partial charge is 0.251 e. The molecule has 0 aliphatic heterocycles. The first-order valence-electron chi connectivity index (χ1n) is 7.71. The van der Waals surface area contributed by atoms with E-state index in [9.17, 15) is 9.90 Å². The molecule has 0 bridgehead atoms. The third kappa shape index (κ3) is 5.34. The third-order valence-electron chi connectivity index (χ3n) is 3.43. The number of aromatic nitrogens is 2. The molecule has 1 aromatic carbocycles. The number of carbonyl (C=O) groups excluding carboxylic acids is 1. The molecule has 0 radical (unpaired) electrons. The lowest BCUT2D eigenvalue weighted by atomic mass is 10.1. The number of carbonyl (C=O) groups is 1. The lowest BCUT2D eigenvalue weighted by Crippen LogP contribution is -2.26. The van der Waals surface area contributed by atoms with Crippen LogP contribution in [-0.2, 0) is 0 Å². The van der Waals surface area contributed by atoms with E-state index in [4.69, 9.17) is 0 Å². The van der Waals surface area contributed by atoms with Crippen LogP contribution < -0.4 is 10.6 Å². The molecule has 2 aromatic rings. The quantitative estimate of drug-likeness (QED) is 0.730. The molecule has 1 heterocycles. The fourth-order valence-corrected chi connectivity index (χ4v) is 2.00. The summed E-state index contributed by atoms with van der Waals surface area (Å²) in [6, 6.07) is 8.92. The lowest BCUT2D eigenvalue weighted by Gasteiger charge is -2.09. The monoisotopic (exact) mass is 314 g/mol. The fraction of sp³-hybridized carbons (Fsp3) is 0.353. The van der Waals surface area contributed by atoms with Crippen molar-refractivity contribution >= 4 is 17.5 Å². The zero-order valence-corrected chi connectivity index (χ0v) is 13.4. The number of aryl methyl sites for hydroxylation is 1. The molecule has 1 atom stereocenters. The first-order chi connectivity index (χ1) is 11.1. The number of hydrogen-bond donors (Lipinski definition) is 3. The SMILES string of the molecule is CCC(O)CCNC(=O)c1ccc(Nc2nccc(C)n2)cc1. The standard InChI is InChI=1S/C17H22N4O2/c1-3-15(22)9-11-18-16(23)13-4-6-14(7-5-13)21-17-19-10-8-12(2)20-17/h4-8,10,15,22H,3,9,11H2,1-2H3,(H,18,23)(H,19,20,21). The van der Waals surface area contributed by atoms with Crippen molar-refractivity contribution in [2.24, 2.45) is 0 Å². The number of hydrogen-bond acceptors (Lipinski definition) is 5. The van der Waals surface area contributed by atoms with Gasteiger partial charge in [0, 0.05) is 29.7 Å². The molecule has 1 unspecified atom stereocenters. The Balaban J connectivity index is 1.90. The number of aliphatic hydroxyl groups is 1. The Morgan fingerprint density at radius 2 is 2.00 bits per heavy atom. The van der Waals surface area contributed by atoms with Crippen LogP contribution in [0, 0.1) is 6.92 Å². The van der Waals surface area contributed by atoms with Gasteiger partial charge in [0.15, 0.2) is 0 Å². The van der Waals surface area contributed by atoms with Crippen molar-refractivity contribution in [2.45, 2.75) is 32.8 Å². The summed E-state index contributed by atoms with van der Waals surface area (Å²) in [5.41, 5.74) is 2.27. The number of rotatable bonds is 7. The van der Waals surface area contributed by atoms with Gasteiger partial charge < -0.3 is 15.7 Å². The van der Waals surface area contributed by atoms with Crippen LogP contribution in [0.2, 0.25) is 0 Å². The highest BCUT2D eigenvalue weighted by molar-refractivity contribution is 5.94. The van der Waals surface area contributed by atoms with Gasteiger partial charge in [0.05, 0.1) is 6.10 Å². The van der Waals surface area contributed by atoms with Gasteiger partial charge in [0.25, 0.3) is 5.91 Å². The molecule has 0 fully saturated rings. The van der Waals surface area contributed by atoms with Gasteiger partial charge in [0.2, 0.25) is 5.95 Å². The summed E-state index contributed by atoms with van der Waals surface area (Å²) in [6.45, 7) is 4.27. The average molecular weight is 314 g/mol. The van der Waals surface area contributed by atoms with E-state index in [1.54, 1.807) is 18.3 Å². The van der Waals surface area contributed by atoms with Gasteiger partial charge >= 0.3 is 0 Å². The second-order valence-corrected chi connectivity index (χ2v) is 5.33. The summed E-state index contributed by atoms with van der Waals surface area (Å²) in [5.74, 6) is 0.377. The van der Waals surface area contributed by atoms with E-state index in [-0.39, 0.29) is 12.0 Å². The molecule has 1 aromatic heterocycles. The molecular formula is C17H22N4O2. The lowest BCUT2D eigenvalue weighted by molar-refractivity contribution is 0.0942. The Kier molecular flexibility index (Phi) is 6.05. The molecule has 122 valence electrons. The number of benzene rings is 1. The van der Waals surface area contributed by atoms with Crippen LogP contribution >= 0.6 is 0 Å². The van der Waals surface area contributed by atoms with E-state index < -0.39 is 0 Å². The van der Waals surface area contributed by atoms with Crippen LogP contribution in [0.3, 0.4) is 0 Å². The molecule has 0 aliphatic rings. The molecule has 23 heavy (non-hydrogen) atoms. The van der Waals surface area contributed by atoms with Crippen molar-refractivity contribution in [3.05, 3.63) is 47.8 Å².